The molecule has 0 saturated heterocycles. The van der Waals surface area contributed by atoms with Gasteiger partial charge in [0, 0.05) is 29.1 Å². The fourth-order valence-electron chi connectivity index (χ4n) is 3.86. The summed E-state index contributed by atoms with van der Waals surface area (Å²) in [6.45, 7) is 7.96. The van der Waals surface area contributed by atoms with Gasteiger partial charge in [0.1, 0.15) is 23.0 Å². The second-order valence-electron chi connectivity index (χ2n) is 7.68. The van der Waals surface area contributed by atoms with E-state index >= 15 is 0 Å². The van der Waals surface area contributed by atoms with Crippen LogP contribution in [0.5, 0.6) is 0 Å². The number of halogens is 1. The van der Waals surface area contributed by atoms with Gasteiger partial charge < -0.3 is 10.1 Å². The summed E-state index contributed by atoms with van der Waals surface area (Å²) in [4.78, 5) is 12.9. The van der Waals surface area contributed by atoms with E-state index in [-0.39, 0.29) is 18.3 Å². The molecular weight excluding hydrogens is 414 g/mol. The van der Waals surface area contributed by atoms with Gasteiger partial charge in [-0.15, -0.1) is 6.58 Å². The fourth-order valence-corrected chi connectivity index (χ4v) is 4.29. The molecular formula is C25H28ClNO2S. The molecule has 1 unspecified atom stereocenters. The molecule has 2 aromatic carbocycles. The molecule has 0 aromatic heterocycles. The lowest BCUT2D eigenvalue weighted by Gasteiger charge is -2.25. The Bertz CT molecular complexity index is 956. The van der Waals surface area contributed by atoms with Crippen LogP contribution in [-0.4, -0.2) is 16.9 Å². The number of benzene rings is 2. The van der Waals surface area contributed by atoms with Crippen LogP contribution in [0.4, 0.5) is 5.69 Å². The maximum absolute atomic E-state index is 12.4. The van der Waals surface area contributed by atoms with E-state index in [1.165, 1.54) is 11.1 Å². The van der Waals surface area contributed by atoms with Gasteiger partial charge in [0.2, 0.25) is 0 Å². The summed E-state index contributed by atoms with van der Waals surface area (Å²) in [5.74, 6) is 0.158. The molecule has 1 aliphatic rings. The lowest BCUT2D eigenvalue weighted by Crippen LogP contribution is -2.30. The number of allylic oxidation sites excluding steroid dienone is 1. The topological polar surface area (TPSA) is 38.3 Å². The summed E-state index contributed by atoms with van der Waals surface area (Å²) >= 11 is 12.0. The number of rotatable bonds is 8. The van der Waals surface area contributed by atoms with Gasteiger partial charge in [0.05, 0.1) is 0 Å². The molecule has 0 fully saturated rings. The summed E-state index contributed by atoms with van der Waals surface area (Å²) in [6.07, 6.45) is 4.54. The normalized spacial score (nSPS) is 18.3. The Balaban J connectivity index is 2.05. The van der Waals surface area contributed by atoms with Crippen molar-refractivity contribution in [1.82, 2.24) is 0 Å². The first kappa shape index (κ1) is 22.7. The molecule has 0 radical (unpaired) electrons. The maximum atomic E-state index is 12.4. The van der Waals surface area contributed by atoms with E-state index in [4.69, 9.17) is 28.6 Å². The minimum atomic E-state index is -0.480. The Morgan fingerprint density at radius 2 is 2.10 bits per heavy atom. The van der Waals surface area contributed by atoms with E-state index in [2.05, 4.69) is 37.0 Å². The van der Waals surface area contributed by atoms with Gasteiger partial charge in [0.25, 0.3) is 0 Å². The highest BCUT2D eigenvalue weighted by Crippen LogP contribution is 2.39. The molecule has 0 saturated carbocycles. The molecule has 0 aliphatic carbocycles. The van der Waals surface area contributed by atoms with E-state index in [0.29, 0.717) is 16.4 Å². The third kappa shape index (κ3) is 5.18. The first-order valence-corrected chi connectivity index (χ1v) is 11.2. The number of carbonyl (C=O) groups is 1. The first-order chi connectivity index (χ1) is 14.4. The van der Waals surface area contributed by atoms with Gasteiger partial charge in [-0.3, -0.25) is 4.79 Å². The van der Waals surface area contributed by atoms with Crippen LogP contribution in [0.1, 0.15) is 61.0 Å². The van der Waals surface area contributed by atoms with Crippen molar-refractivity contribution in [3.63, 3.8) is 0 Å². The molecule has 1 N–H and O–H groups in total. The van der Waals surface area contributed by atoms with Gasteiger partial charge in [0.15, 0.2) is 0 Å². The van der Waals surface area contributed by atoms with Crippen molar-refractivity contribution in [2.75, 3.05) is 5.32 Å². The first-order valence-electron chi connectivity index (χ1n) is 10.4. The van der Waals surface area contributed by atoms with E-state index in [1.54, 1.807) is 0 Å². The van der Waals surface area contributed by atoms with E-state index in [0.717, 1.165) is 36.1 Å². The molecule has 0 spiro atoms. The van der Waals surface area contributed by atoms with Crippen molar-refractivity contribution in [3.05, 3.63) is 76.3 Å². The quantitative estimate of drug-likeness (QED) is 0.363. The molecule has 158 valence electrons. The summed E-state index contributed by atoms with van der Waals surface area (Å²) < 4.78 is 6.55. The van der Waals surface area contributed by atoms with Crippen LogP contribution in [0.15, 0.2) is 49.1 Å². The van der Waals surface area contributed by atoms with Crippen molar-refractivity contribution in [1.29, 1.82) is 0 Å². The SMILES string of the molecule is C=CCCc1cccc(C2O[C@H](CC(=O)CCC)C(=S)Nc3ccc(Cl)cc32)c1C. The number of hydrogen-bond donors (Lipinski definition) is 1. The average Bonchev–Trinajstić information content (AvgIpc) is 2.84. The van der Waals surface area contributed by atoms with Crippen molar-refractivity contribution in [2.24, 2.45) is 0 Å². The Hall–Kier alpha value is -2.01. The van der Waals surface area contributed by atoms with E-state index in [1.807, 2.05) is 31.2 Å². The number of Topliss-reactive ketones (excluding diaryl/α,β-unsaturated/α-hetero) is 1. The molecule has 3 rings (SSSR count). The van der Waals surface area contributed by atoms with Crippen LogP contribution in [0.3, 0.4) is 0 Å². The van der Waals surface area contributed by atoms with Gasteiger partial charge in [-0.05, 0) is 61.1 Å². The molecule has 1 aliphatic heterocycles. The summed E-state index contributed by atoms with van der Waals surface area (Å²) in [6, 6.07) is 12.0. The van der Waals surface area contributed by atoms with Gasteiger partial charge in [-0.25, -0.2) is 0 Å². The number of ether oxygens (including phenoxy) is 1. The van der Waals surface area contributed by atoms with Crippen molar-refractivity contribution >= 4 is 40.3 Å². The standard InChI is InChI=1S/C25H28ClNO2S/c1-4-6-9-17-10-7-11-20(16(17)3)24-21-14-18(26)12-13-22(21)27-25(30)23(29-24)15-19(28)8-5-2/h4,7,10-14,23-24H,1,5-6,8-9,15H2,2-3H3,(H,27,30)/t23-,24?/m1/s1. The van der Waals surface area contributed by atoms with Crippen molar-refractivity contribution in [3.8, 4) is 0 Å². The number of carbonyl (C=O) groups excluding carboxylic acids is 1. The largest absolute Gasteiger partial charge is 0.358 e. The number of thiocarbonyl (C=S) groups is 1. The van der Waals surface area contributed by atoms with Crippen LogP contribution in [0.2, 0.25) is 5.02 Å². The zero-order chi connectivity index (χ0) is 21.7. The van der Waals surface area contributed by atoms with E-state index in [9.17, 15) is 4.79 Å². The second kappa shape index (κ2) is 10.3. The molecule has 1 heterocycles. The van der Waals surface area contributed by atoms with Crippen LogP contribution in [0.25, 0.3) is 0 Å². The minimum Gasteiger partial charge on any atom is -0.358 e. The lowest BCUT2D eigenvalue weighted by molar-refractivity contribution is -0.121. The van der Waals surface area contributed by atoms with Crippen LogP contribution >= 0.6 is 23.8 Å². The van der Waals surface area contributed by atoms with Crippen LogP contribution in [-0.2, 0) is 16.0 Å². The van der Waals surface area contributed by atoms with Crippen LogP contribution in [0, 0.1) is 6.92 Å². The van der Waals surface area contributed by atoms with Crippen molar-refractivity contribution in [2.45, 2.75) is 58.2 Å². The third-order valence-corrected chi connectivity index (χ3v) is 6.08. The molecule has 3 nitrogen and oxygen atoms in total. The summed E-state index contributed by atoms with van der Waals surface area (Å²) in [5, 5.41) is 3.93. The summed E-state index contributed by atoms with van der Waals surface area (Å²) in [7, 11) is 0. The number of hydrogen-bond acceptors (Lipinski definition) is 3. The highest BCUT2D eigenvalue weighted by atomic mass is 35.5. The number of fused-ring (bicyclic) bond motifs is 1. The Morgan fingerprint density at radius 1 is 1.30 bits per heavy atom. The zero-order valence-corrected chi connectivity index (χ0v) is 19.1. The predicted octanol–water partition coefficient (Wildman–Crippen LogP) is 6.75. The number of ketones is 1. The fraction of sp³-hybridized carbons (Fsp3) is 0.360. The third-order valence-electron chi connectivity index (χ3n) is 5.48. The Labute approximate surface area is 189 Å². The second-order valence-corrected chi connectivity index (χ2v) is 8.55. The molecule has 2 aromatic rings. The Morgan fingerprint density at radius 3 is 2.83 bits per heavy atom. The average molecular weight is 442 g/mol. The highest BCUT2D eigenvalue weighted by molar-refractivity contribution is 7.80. The lowest BCUT2D eigenvalue weighted by atomic mass is 9.91. The monoisotopic (exact) mass is 441 g/mol. The van der Waals surface area contributed by atoms with Crippen molar-refractivity contribution < 1.29 is 9.53 Å². The Kier molecular flexibility index (Phi) is 7.81. The predicted molar refractivity (Wildman–Crippen MR) is 129 cm³/mol. The smallest absolute Gasteiger partial charge is 0.135 e. The molecule has 5 heteroatoms. The van der Waals surface area contributed by atoms with Gasteiger partial charge >= 0.3 is 0 Å². The van der Waals surface area contributed by atoms with E-state index < -0.39 is 6.10 Å². The number of nitrogens with one attached hydrogen (secondary N) is 1. The number of aryl methyl sites for hydroxylation is 1. The summed E-state index contributed by atoms with van der Waals surface area (Å²) in [5.41, 5.74) is 5.31. The minimum absolute atomic E-state index is 0.158. The van der Waals surface area contributed by atoms with Gasteiger partial charge in [-0.1, -0.05) is 55.0 Å². The zero-order valence-electron chi connectivity index (χ0n) is 17.5. The van der Waals surface area contributed by atoms with Gasteiger partial charge in [-0.2, -0.15) is 0 Å². The molecule has 30 heavy (non-hydrogen) atoms. The number of anilines is 1. The molecule has 2 atom stereocenters. The highest BCUT2D eigenvalue weighted by Gasteiger charge is 2.32. The van der Waals surface area contributed by atoms with Crippen LogP contribution < -0.4 is 5.32 Å². The molecule has 0 amide bonds. The molecule has 0 bridgehead atoms. The maximum Gasteiger partial charge on any atom is 0.135 e.